The van der Waals surface area contributed by atoms with E-state index in [1.165, 1.54) is 17.4 Å². The third kappa shape index (κ3) is 2.85. The molecule has 6 heteroatoms. The third-order valence-corrected chi connectivity index (χ3v) is 3.93. The first kappa shape index (κ1) is 14.5. The summed E-state index contributed by atoms with van der Waals surface area (Å²) in [6, 6.07) is 5.73. The van der Waals surface area contributed by atoms with Gasteiger partial charge in [-0.05, 0) is 36.6 Å². The molecule has 1 radical (unpaired) electrons. The van der Waals surface area contributed by atoms with E-state index in [9.17, 15) is 4.79 Å². The molecule has 3 N–H and O–H groups in total. The number of carbonyl (C=O) groups is 1. The maximum Gasteiger partial charge on any atom is 0.471 e. The summed E-state index contributed by atoms with van der Waals surface area (Å²) in [5, 5.41) is 0.858. The minimum atomic E-state index is -0.292. The second kappa shape index (κ2) is 5.64. The van der Waals surface area contributed by atoms with Crippen LogP contribution in [0.1, 0.15) is 24.5 Å². The number of quaternary nitrogens is 1. The zero-order valence-electron chi connectivity index (χ0n) is 10.4. The molecule has 1 aliphatic heterocycles. The molecule has 99 valence electrons. The molecule has 3 rings (SSSR count). The van der Waals surface area contributed by atoms with Crippen molar-refractivity contribution >= 4 is 28.6 Å². The quantitative estimate of drug-likeness (QED) is 0.341. The molecular weight excluding hydrogens is 375 g/mol. The van der Waals surface area contributed by atoms with Crippen molar-refractivity contribution in [3.63, 3.8) is 0 Å². The normalized spacial score (nSPS) is 16.2. The van der Waals surface area contributed by atoms with Crippen LogP contribution < -0.4 is 39.4 Å². The Bertz CT molecular complexity index is 611. The number of aryl methyl sites for hydroxylation is 1. The minimum absolute atomic E-state index is 0. The molecule has 0 unspecified atom stereocenters. The molecular formula is C13H13IN2O2S+. The molecule has 1 aliphatic carbocycles. The molecule has 0 saturated carbocycles. The van der Waals surface area contributed by atoms with E-state index < -0.39 is 0 Å². The fraction of sp³-hybridized carbons (Fsp3) is 0.231. The molecule has 0 amide bonds. The average molecular weight is 388 g/mol. The van der Waals surface area contributed by atoms with Crippen molar-refractivity contribution in [1.29, 1.82) is 0 Å². The molecule has 1 heterocycles. The van der Waals surface area contributed by atoms with Crippen LogP contribution in [0.2, 0.25) is 0 Å². The number of carbonyl (C=O) groups excluding carboxylic acids is 1. The number of fused-ring (bicyclic) bond motifs is 2. The van der Waals surface area contributed by atoms with Crippen LogP contribution in [0.15, 0.2) is 23.1 Å². The summed E-state index contributed by atoms with van der Waals surface area (Å²) in [6.07, 6.45) is 1.94. The number of hydrogen-bond donors (Lipinski definition) is 1. The molecule has 0 aromatic heterocycles. The predicted octanol–water partition coefficient (Wildman–Crippen LogP) is -2.09. The monoisotopic (exact) mass is 388 g/mol. The lowest BCUT2D eigenvalue weighted by molar-refractivity contribution is -0.206. The molecule has 1 aromatic carbocycles. The summed E-state index contributed by atoms with van der Waals surface area (Å²) in [7, 11) is 0. The summed E-state index contributed by atoms with van der Waals surface area (Å²) in [5.74, 6) is 0.315. The van der Waals surface area contributed by atoms with Gasteiger partial charge in [-0.3, -0.25) is 10.5 Å². The van der Waals surface area contributed by atoms with Gasteiger partial charge in [0.1, 0.15) is 10.7 Å². The van der Waals surface area contributed by atoms with Crippen LogP contribution in [0.3, 0.4) is 0 Å². The lowest BCUT2D eigenvalue weighted by Gasteiger charge is -2.12. The van der Waals surface area contributed by atoms with Crippen LogP contribution in [0.5, 0.6) is 5.75 Å². The number of halogens is 1. The van der Waals surface area contributed by atoms with E-state index in [4.69, 9.17) is 4.74 Å². The summed E-state index contributed by atoms with van der Waals surface area (Å²) in [6.45, 7) is 1.41. The third-order valence-electron chi connectivity index (χ3n) is 2.96. The SMILES string of the molecule is CC(=O)Oc1ccc2c(c1)CCC1=C2[N+]=C([NH3+])S1.[I-]. The van der Waals surface area contributed by atoms with Crippen molar-refractivity contribution in [3.8, 4) is 5.75 Å². The fourth-order valence-corrected chi connectivity index (χ4v) is 3.14. The maximum absolute atomic E-state index is 10.9. The van der Waals surface area contributed by atoms with Crippen LogP contribution in [-0.2, 0) is 11.2 Å². The molecule has 0 spiro atoms. The Kier molecular flexibility index (Phi) is 4.32. The molecule has 19 heavy (non-hydrogen) atoms. The van der Waals surface area contributed by atoms with Gasteiger partial charge in [-0.25, -0.2) is 0 Å². The van der Waals surface area contributed by atoms with Gasteiger partial charge in [0.25, 0.3) is 0 Å². The van der Waals surface area contributed by atoms with E-state index in [0.717, 1.165) is 29.3 Å². The maximum atomic E-state index is 10.9. The zero-order valence-corrected chi connectivity index (χ0v) is 13.4. The highest BCUT2D eigenvalue weighted by Gasteiger charge is 2.37. The molecule has 4 nitrogen and oxygen atoms in total. The van der Waals surface area contributed by atoms with E-state index in [0.29, 0.717) is 5.75 Å². The van der Waals surface area contributed by atoms with E-state index in [1.807, 2.05) is 18.2 Å². The van der Waals surface area contributed by atoms with E-state index >= 15 is 0 Å². The number of aliphatic imine (C=N–C) groups is 1. The van der Waals surface area contributed by atoms with Crippen molar-refractivity contribution in [1.82, 2.24) is 4.99 Å². The first-order chi connectivity index (χ1) is 8.63. The number of hydrogen-bond acceptors (Lipinski definition) is 4. The molecule has 0 fully saturated rings. The number of allylic oxidation sites excluding steroid dienone is 1. The largest absolute Gasteiger partial charge is 1.00 e. The van der Waals surface area contributed by atoms with Gasteiger partial charge in [0.05, 0.1) is 22.2 Å². The molecule has 0 bridgehead atoms. The lowest BCUT2D eigenvalue weighted by atomic mass is 9.94. The Morgan fingerprint density at radius 3 is 2.95 bits per heavy atom. The van der Waals surface area contributed by atoms with Gasteiger partial charge < -0.3 is 28.7 Å². The van der Waals surface area contributed by atoms with Crippen molar-refractivity contribution in [2.75, 3.05) is 0 Å². The highest BCUT2D eigenvalue weighted by Crippen LogP contribution is 2.39. The van der Waals surface area contributed by atoms with Crippen LogP contribution >= 0.6 is 11.8 Å². The summed E-state index contributed by atoms with van der Waals surface area (Å²) >= 11 is 1.66. The van der Waals surface area contributed by atoms with Crippen molar-refractivity contribution in [3.05, 3.63) is 34.2 Å². The lowest BCUT2D eigenvalue weighted by Crippen LogP contribution is -3.00. The van der Waals surface area contributed by atoms with Crippen molar-refractivity contribution < 1.29 is 39.2 Å². The van der Waals surface area contributed by atoms with Gasteiger partial charge in [0, 0.05) is 6.92 Å². The number of amidine groups is 1. The van der Waals surface area contributed by atoms with Gasteiger partial charge >= 0.3 is 16.8 Å². The number of thioether (sulfide) groups is 1. The zero-order chi connectivity index (χ0) is 12.7. The second-order valence-electron chi connectivity index (χ2n) is 4.29. The number of ether oxygens (including phenoxy) is 1. The van der Waals surface area contributed by atoms with E-state index in [2.05, 4.69) is 10.7 Å². The van der Waals surface area contributed by atoms with Crippen LogP contribution in [0.25, 0.3) is 5.70 Å². The molecule has 2 aliphatic rings. The standard InChI is InChI=1S/C13H12N2O2S.HI/c1-7(16)17-9-3-4-10-8(6-9)2-5-11-12(10)15-13(14)18-11;/h3-4,6H,2,5,14H2,1H3;1H/q+1;. The van der Waals surface area contributed by atoms with Crippen molar-refractivity contribution in [2.24, 2.45) is 0 Å². The Hall–Kier alpha value is -0.860. The summed E-state index contributed by atoms with van der Waals surface area (Å²) < 4.78 is 5.10. The van der Waals surface area contributed by atoms with Crippen LogP contribution in [0.4, 0.5) is 0 Å². The molecule has 0 saturated heterocycles. The Morgan fingerprint density at radius 1 is 1.42 bits per heavy atom. The summed E-state index contributed by atoms with van der Waals surface area (Å²) in [4.78, 5) is 16.7. The highest BCUT2D eigenvalue weighted by atomic mass is 127. The van der Waals surface area contributed by atoms with E-state index in [-0.39, 0.29) is 29.9 Å². The topological polar surface area (TPSA) is 68.0 Å². The molecule has 1 aromatic rings. The first-order valence-corrected chi connectivity index (χ1v) is 6.58. The minimum Gasteiger partial charge on any atom is -1.00 e. The fourth-order valence-electron chi connectivity index (χ4n) is 2.27. The predicted molar refractivity (Wildman–Crippen MR) is 70.6 cm³/mol. The van der Waals surface area contributed by atoms with Crippen molar-refractivity contribution in [2.45, 2.75) is 19.8 Å². The van der Waals surface area contributed by atoms with Gasteiger partial charge in [-0.2, -0.15) is 0 Å². The highest BCUT2D eigenvalue weighted by molar-refractivity contribution is 8.17. The average Bonchev–Trinajstić information content (AvgIpc) is 2.68. The number of benzene rings is 1. The smallest absolute Gasteiger partial charge is 0.471 e. The number of rotatable bonds is 1. The van der Waals surface area contributed by atoms with Gasteiger partial charge in [0.2, 0.25) is 0 Å². The Labute approximate surface area is 132 Å². The van der Waals surface area contributed by atoms with Gasteiger partial charge in [-0.15, -0.1) is 0 Å². The summed E-state index contributed by atoms with van der Waals surface area (Å²) in [5.41, 5.74) is 7.26. The van der Waals surface area contributed by atoms with E-state index in [1.54, 1.807) is 11.8 Å². The van der Waals surface area contributed by atoms with Gasteiger partial charge in [-0.1, -0.05) is 0 Å². The van der Waals surface area contributed by atoms with Gasteiger partial charge in [0.15, 0.2) is 0 Å². The van der Waals surface area contributed by atoms with Crippen LogP contribution in [-0.4, -0.2) is 11.1 Å². The Morgan fingerprint density at radius 2 is 2.21 bits per heavy atom. The first-order valence-electron chi connectivity index (χ1n) is 5.77. The van der Waals surface area contributed by atoms with Crippen LogP contribution in [0, 0.1) is 0 Å². The second-order valence-corrected chi connectivity index (χ2v) is 5.46. The number of esters is 1. The molecule has 0 atom stereocenters. The Balaban J connectivity index is 0.00000133. The number of nitrogens with zero attached hydrogens (tertiary/aromatic N) is 1.